The van der Waals surface area contributed by atoms with Crippen LogP contribution in [-0.4, -0.2) is 0 Å². The first-order valence-electron chi connectivity index (χ1n) is 3.66. The maximum atomic E-state index is 12.4. The van der Waals surface area contributed by atoms with E-state index < -0.39 is 17.1 Å². The largest absolute Gasteiger partial charge is 0.416 e. The summed E-state index contributed by atoms with van der Waals surface area (Å²) < 4.78 is 37.1. The van der Waals surface area contributed by atoms with Crippen molar-refractivity contribution in [2.24, 2.45) is 0 Å². The van der Waals surface area contributed by atoms with Gasteiger partial charge in [-0.3, -0.25) is 0 Å². The Bertz CT molecular complexity index is 367. The van der Waals surface area contributed by atoms with Gasteiger partial charge in [0.05, 0.1) is 11.6 Å². The van der Waals surface area contributed by atoms with Crippen LogP contribution in [0, 0.1) is 11.3 Å². The first-order chi connectivity index (χ1) is 6.46. The van der Waals surface area contributed by atoms with Crippen molar-refractivity contribution in [1.29, 1.82) is 5.26 Å². The normalized spacial score (nSPS) is 13.4. The molecule has 1 aromatic rings. The number of benzene rings is 1. The summed E-state index contributed by atoms with van der Waals surface area (Å²) in [4.78, 5) is 0. The monoisotopic (exact) mass is 219 g/mol. The van der Waals surface area contributed by atoms with E-state index in [0.717, 1.165) is 6.07 Å². The molecule has 1 rings (SSSR count). The van der Waals surface area contributed by atoms with E-state index in [1.807, 2.05) is 0 Å². The summed E-state index contributed by atoms with van der Waals surface area (Å²) >= 11 is 5.44. The Kier molecular flexibility index (Phi) is 3.02. The molecule has 0 radical (unpaired) electrons. The van der Waals surface area contributed by atoms with Crippen LogP contribution in [0.2, 0.25) is 0 Å². The quantitative estimate of drug-likeness (QED) is 0.663. The molecule has 5 heteroatoms. The minimum Gasteiger partial charge on any atom is -0.196 e. The predicted octanol–water partition coefficient (Wildman–Crippen LogP) is 3.51. The molecule has 0 aliphatic carbocycles. The number of nitrogens with zero attached hydrogens (tertiary/aromatic N) is 1. The molecule has 1 nitrogen and oxygen atoms in total. The molecule has 0 aromatic heterocycles. The molecule has 0 amide bonds. The van der Waals surface area contributed by atoms with Crippen molar-refractivity contribution >= 4 is 11.6 Å². The van der Waals surface area contributed by atoms with Crippen LogP contribution in [0.25, 0.3) is 0 Å². The molecule has 0 unspecified atom stereocenters. The first kappa shape index (κ1) is 10.9. The van der Waals surface area contributed by atoms with Crippen LogP contribution in [0.1, 0.15) is 16.5 Å². The lowest BCUT2D eigenvalue weighted by molar-refractivity contribution is -0.138. The lowest BCUT2D eigenvalue weighted by Crippen LogP contribution is -2.09. The van der Waals surface area contributed by atoms with E-state index >= 15 is 0 Å². The molecule has 0 spiro atoms. The highest BCUT2D eigenvalue weighted by atomic mass is 35.5. The van der Waals surface area contributed by atoms with Crippen LogP contribution >= 0.6 is 11.6 Å². The summed E-state index contributed by atoms with van der Waals surface area (Å²) in [6, 6.07) is 6.33. The zero-order valence-electron chi connectivity index (χ0n) is 6.85. The van der Waals surface area contributed by atoms with Gasteiger partial charge in [0.1, 0.15) is 5.38 Å². The van der Waals surface area contributed by atoms with Gasteiger partial charge in [0.15, 0.2) is 0 Å². The maximum absolute atomic E-state index is 12.4. The smallest absolute Gasteiger partial charge is 0.196 e. The van der Waals surface area contributed by atoms with Gasteiger partial charge in [-0.25, -0.2) is 0 Å². The molecule has 0 bridgehead atoms. The Balaban J connectivity index is 3.25. The topological polar surface area (TPSA) is 23.8 Å². The summed E-state index contributed by atoms with van der Waals surface area (Å²) in [5.41, 5.74) is -1.06. The Morgan fingerprint density at radius 2 is 1.86 bits per heavy atom. The third-order valence-electron chi connectivity index (χ3n) is 1.65. The minimum absolute atomic E-state index is 0.204. The van der Waals surface area contributed by atoms with E-state index in [0.29, 0.717) is 0 Å². The summed E-state index contributed by atoms with van der Waals surface area (Å²) in [6.07, 6.45) is -4.47. The van der Waals surface area contributed by atoms with E-state index in [-0.39, 0.29) is 5.56 Å². The van der Waals surface area contributed by atoms with Crippen LogP contribution in [0.3, 0.4) is 0 Å². The van der Waals surface area contributed by atoms with Gasteiger partial charge in [-0.05, 0) is 11.6 Å². The Morgan fingerprint density at radius 1 is 1.29 bits per heavy atom. The van der Waals surface area contributed by atoms with Crippen molar-refractivity contribution in [1.82, 2.24) is 0 Å². The molecule has 0 saturated heterocycles. The molecule has 0 aliphatic rings. The fourth-order valence-electron chi connectivity index (χ4n) is 1.05. The minimum atomic E-state index is -4.47. The maximum Gasteiger partial charge on any atom is 0.416 e. The fraction of sp³-hybridized carbons (Fsp3) is 0.222. The molecule has 0 fully saturated rings. The number of alkyl halides is 4. The van der Waals surface area contributed by atoms with Crippen molar-refractivity contribution in [3.63, 3.8) is 0 Å². The summed E-state index contributed by atoms with van der Waals surface area (Å²) in [5, 5.41) is 7.16. The van der Waals surface area contributed by atoms with E-state index in [1.54, 1.807) is 6.07 Å². The number of halogens is 4. The Morgan fingerprint density at radius 3 is 2.36 bits per heavy atom. The molecule has 0 heterocycles. The highest BCUT2D eigenvalue weighted by Gasteiger charge is 2.34. The second kappa shape index (κ2) is 3.89. The van der Waals surface area contributed by atoms with Gasteiger partial charge >= 0.3 is 6.18 Å². The molecule has 0 N–H and O–H groups in total. The number of hydrogen-bond acceptors (Lipinski definition) is 1. The van der Waals surface area contributed by atoms with Crippen molar-refractivity contribution in [2.75, 3.05) is 0 Å². The Labute approximate surface area is 83.7 Å². The van der Waals surface area contributed by atoms with Gasteiger partial charge in [0.25, 0.3) is 0 Å². The van der Waals surface area contributed by atoms with Gasteiger partial charge in [0.2, 0.25) is 0 Å². The molecule has 1 atom stereocenters. The van der Waals surface area contributed by atoms with Gasteiger partial charge in [-0.1, -0.05) is 18.2 Å². The van der Waals surface area contributed by atoms with Crippen molar-refractivity contribution in [3.05, 3.63) is 35.4 Å². The second-order valence-electron chi connectivity index (χ2n) is 2.58. The average Bonchev–Trinajstić information content (AvgIpc) is 2.15. The zero-order valence-corrected chi connectivity index (χ0v) is 7.60. The lowest BCUT2D eigenvalue weighted by atomic mass is 10.0. The molecular weight excluding hydrogens is 215 g/mol. The second-order valence-corrected chi connectivity index (χ2v) is 3.01. The zero-order chi connectivity index (χ0) is 10.8. The van der Waals surface area contributed by atoms with Crippen LogP contribution in [-0.2, 0) is 6.18 Å². The molecule has 74 valence electrons. The average molecular weight is 220 g/mol. The third kappa shape index (κ3) is 2.18. The van der Waals surface area contributed by atoms with Crippen molar-refractivity contribution in [3.8, 4) is 6.07 Å². The summed E-state index contributed by atoms with van der Waals surface area (Å²) in [7, 11) is 0. The molecule has 0 aliphatic heterocycles. The van der Waals surface area contributed by atoms with E-state index in [4.69, 9.17) is 16.9 Å². The number of hydrogen-bond donors (Lipinski definition) is 0. The number of rotatable bonds is 1. The van der Waals surface area contributed by atoms with Gasteiger partial charge in [-0.15, -0.1) is 11.6 Å². The summed E-state index contributed by atoms with van der Waals surface area (Å²) in [6.45, 7) is 0. The molecule has 0 saturated carbocycles. The van der Waals surface area contributed by atoms with Crippen LogP contribution in [0.5, 0.6) is 0 Å². The fourth-order valence-corrected chi connectivity index (χ4v) is 1.24. The van der Waals surface area contributed by atoms with Gasteiger partial charge < -0.3 is 0 Å². The van der Waals surface area contributed by atoms with Gasteiger partial charge in [-0.2, -0.15) is 18.4 Å². The van der Waals surface area contributed by atoms with E-state index in [2.05, 4.69) is 0 Å². The molecule has 14 heavy (non-hydrogen) atoms. The van der Waals surface area contributed by atoms with Crippen LogP contribution in [0.15, 0.2) is 24.3 Å². The highest BCUT2D eigenvalue weighted by Crippen LogP contribution is 2.35. The standard InChI is InChI=1S/C9H5ClF3N/c10-8(5-14)6-3-1-2-4-7(6)9(11,12)13/h1-4,8H/t8-/m1/s1. The van der Waals surface area contributed by atoms with Crippen LogP contribution < -0.4 is 0 Å². The lowest BCUT2D eigenvalue weighted by Gasteiger charge is -2.12. The molecule has 1 aromatic carbocycles. The third-order valence-corrected chi connectivity index (χ3v) is 1.99. The van der Waals surface area contributed by atoms with Crippen molar-refractivity contribution in [2.45, 2.75) is 11.6 Å². The number of nitriles is 1. The van der Waals surface area contributed by atoms with Crippen molar-refractivity contribution < 1.29 is 13.2 Å². The van der Waals surface area contributed by atoms with Gasteiger partial charge in [0, 0.05) is 0 Å². The first-order valence-corrected chi connectivity index (χ1v) is 4.10. The predicted molar refractivity (Wildman–Crippen MR) is 45.7 cm³/mol. The van der Waals surface area contributed by atoms with Crippen LogP contribution in [0.4, 0.5) is 13.2 Å². The highest BCUT2D eigenvalue weighted by molar-refractivity contribution is 6.22. The molecular formula is C9H5ClF3N. The van der Waals surface area contributed by atoms with E-state index in [9.17, 15) is 13.2 Å². The van der Waals surface area contributed by atoms with E-state index in [1.165, 1.54) is 18.2 Å². The Hall–Kier alpha value is -1.21. The SMILES string of the molecule is N#C[C@@H](Cl)c1ccccc1C(F)(F)F. The summed E-state index contributed by atoms with van der Waals surface area (Å²) in [5.74, 6) is 0.